The number of hydrogen-bond acceptors (Lipinski definition) is 6. The number of nitrogens with two attached hydrogens (primary N) is 1. The van der Waals surface area contributed by atoms with Crippen LogP contribution in [0.25, 0.3) is 0 Å². The molecule has 1 aromatic rings. The predicted molar refractivity (Wildman–Crippen MR) is 90.2 cm³/mol. The molecule has 9 heteroatoms. The SMILES string of the molecule is Cc1noc([C@@H]2CC[C@H](CN=C(N)N3CCOCC3)O2)n1.I. The van der Waals surface area contributed by atoms with Crippen molar-refractivity contribution in [2.45, 2.75) is 32.0 Å². The van der Waals surface area contributed by atoms with E-state index in [-0.39, 0.29) is 36.2 Å². The zero-order valence-electron chi connectivity index (χ0n) is 12.6. The van der Waals surface area contributed by atoms with Gasteiger partial charge in [-0.2, -0.15) is 4.98 Å². The first-order valence-electron chi connectivity index (χ1n) is 7.30. The van der Waals surface area contributed by atoms with Crippen molar-refractivity contribution in [1.82, 2.24) is 15.0 Å². The first-order valence-corrected chi connectivity index (χ1v) is 7.30. The van der Waals surface area contributed by atoms with Gasteiger partial charge in [0.1, 0.15) is 6.10 Å². The third-order valence-electron chi connectivity index (χ3n) is 3.72. The first-order chi connectivity index (χ1) is 10.2. The van der Waals surface area contributed by atoms with E-state index < -0.39 is 0 Å². The third-order valence-corrected chi connectivity index (χ3v) is 3.72. The highest BCUT2D eigenvalue weighted by molar-refractivity contribution is 14.0. The lowest BCUT2D eigenvalue weighted by atomic mass is 10.2. The van der Waals surface area contributed by atoms with E-state index in [1.807, 2.05) is 4.90 Å². The number of aromatic nitrogens is 2. The van der Waals surface area contributed by atoms with Crippen LogP contribution in [-0.4, -0.2) is 60.0 Å². The van der Waals surface area contributed by atoms with Crippen molar-refractivity contribution in [1.29, 1.82) is 0 Å². The number of nitrogens with zero attached hydrogens (tertiary/aromatic N) is 4. The Hall–Kier alpha value is -0.940. The fourth-order valence-electron chi connectivity index (χ4n) is 2.55. The van der Waals surface area contributed by atoms with Gasteiger partial charge in [0.25, 0.3) is 5.89 Å². The topological polar surface area (TPSA) is 99.0 Å². The summed E-state index contributed by atoms with van der Waals surface area (Å²) in [5.41, 5.74) is 6.00. The summed E-state index contributed by atoms with van der Waals surface area (Å²) >= 11 is 0. The van der Waals surface area contributed by atoms with E-state index in [0.29, 0.717) is 37.4 Å². The van der Waals surface area contributed by atoms with Crippen LogP contribution in [0.4, 0.5) is 0 Å². The van der Waals surface area contributed by atoms with Gasteiger partial charge >= 0.3 is 0 Å². The minimum absolute atomic E-state index is 0. The molecule has 0 aliphatic carbocycles. The molecule has 3 rings (SSSR count). The number of halogens is 1. The molecule has 2 atom stereocenters. The summed E-state index contributed by atoms with van der Waals surface area (Å²) < 4.78 is 16.3. The Morgan fingerprint density at radius 1 is 1.36 bits per heavy atom. The molecular formula is C13H22IN5O3. The molecule has 8 nitrogen and oxygen atoms in total. The summed E-state index contributed by atoms with van der Waals surface area (Å²) in [5.74, 6) is 1.76. The summed E-state index contributed by atoms with van der Waals surface area (Å²) in [4.78, 5) is 10.7. The van der Waals surface area contributed by atoms with Crippen LogP contribution in [0.2, 0.25) is 0 Å². The standard InChI is InChI=1S/C13H21N5O3.HI/c1-9-16-12(21-17-9)11-3-2-10(20-11)8-15-13(14)18-4-6-19-7-5-18;/h10-11H,2-8H2,1H3,(H2,14,15);1H/t10-,11+;/m1./s1. The van der Waals surface area contributed by atoms with Crippen molar-refractivity contribution in [3.8, 4) is 0 Å². The maximum atomic E-state index is 6.00. The smallest absolute Gasteiger partial charge is 0.255 e. The van der Waals surface area contributed by atoms with Gasteiger partial charge in [-0.3, -0.25) is 4.99 Å². The van der Waals surface area contributed by atoms with E-state index >= 15 is 0 Å². The van der Waals surface area contributed by atoms with Crippen LogP contribution in [0.5, 0.6) is 0 Å². The number of guanidine groups is 1. The number of ether oxygens (including phenoxy) is 2. The molecule has 0 spiro atoms. The molecule has 0 unspecified atom stereocenters. The van der Waals surface area contributed by atoms with Crippen LogP contribution in [-0.2, 0) is 9.47 Å². The number of aliphatic imine (C=N–C) groups is 1. The molecule has 0 bridgehead atoms. The number of rotatable bonds is 3. The van der Waals surface area contributed by atoms with Gasteiger partial charge in [-0.15, -0.1) is 24.0 Å². The molecule has 2 aliphatic heterocycles. The van der Waals surface area contributed by atoms with Gasteiger partial charge in [0.15, 0.2) is 11.8 Å². The van der Waals surface area contributed by atoms with E-state index in [2.05, 4.69) is 15.1 Å². The Morgan fingerprint density at radius 2 is 2.14 bits per heavy atom. The molecule has 0 amide bonds. The van der Waals surface area contributed by atoms with Crippen LogP contribution < -0.4 is 5.73 Å². The fraction of sp³-hybridized carbons (Fsp3) is 0.769. The zero-order valence-corrected chi connectivity index (χ0v) is 14.9. The molecule has 124 valence electrons. The van der Waals surface area contributed by atoms with Gasteiger partial charge in [-0.25, -0.2) is 0 Å². The number of morpholine rings is 1. The van der Waals surface area contributed by atoms with E-state index in [1.165, 1.54) is 0 Å². The Morgan fingerprint density at radius 3 is 2.82 bits per heavy atom. The summed E-state index contributed by atoms with van der Waals surface area (Å²) in [6, 6.07) is 0. The van der Waals surface area contributed by atoms with Crippen molar-refractivity contribution >= 4 is 29.9 Å². The van der Waals surface area contributed by atoms with Crippen LogP contribution in [0.15, 0.2) is 9.52 Å². The average molecular weight is 423 g/mol. The van der Waals surface area contributed by atoms with Gasteiger partial charge in [-0.1, -0.05) is 5.16 Å². The highest BCUT2D eigenvalue weighted by Gasteiger charge is 2.30. The van der Waals surface area contributed by atoms with E-state index in [0.717, 1.165) is 25.9 Å². The van der Waals surface area contributed by atoms with Gasteiger partial charge < -0.3 is 24.6 Å². The molecule has 0 saturated carbocycles. The van der Waals surface area contributed by atoms with Crippen molar-refractivity contribution in [3.63, 3.8) is 0 Å². The van der Waals surface area contributed by atoms with E-state index in [9.17, 15) is 0 Å². The molecule has 2 aliphatic rings. The second kappa shape index (κ2) is 8.06. The fourth-order valence-corrected chi connectivity index (χ4v) is 2.55. The van der Waals surface area contributed by atoms with E-state index in [4.69, 9.17) is 19.7 Å². The number of hydrogen-bond donors (Lipinski definition) is 1. The van der Waals surface area contributed by atoms with Crippen LogP contribution >= 0.6 is 24.0 Å². The van der Waals surface area contributed by atoms with Crippen molar-refractivity contribution < 1.29 is 14.0 Å². The average Bonchev–Trinajstić information content (AvgIpc) is 3.14. The van der Waals surface area contributed by atoms with Gasteiger partial charge in [0.2, 0.25) is 0 Å². The normalized spacial score (nSPS) is 26.0. The molecule has 2 N–H and O–H groups in total. The maximum absolute atomic E-state index is 6.00. The van der Waals surface area contributed by atoms with Crippen molar-refractivity contribution in [2.24, 2.45) is 10.7 Å². The lowest BCUT2D eigenvalue weighted by Crippen LogP contribution is -2.45. The Bertz CT molecular complexity index is 504. The molecule has 0 radical (unpaired) electrons. The Labute approximate surface area is 146 Å². The minimum atomic E-state index is -0.115. The lowest BCUT2D eigenvalue weighted by Gasteiger charge is -2.27. The van der Waals surface area contributed by atoms with Crippen LogP contribution in [0.1, 0.15) is 30.7 Å². The summed E-state index contributed by atoms with van der Waals surface area (Å²) in [6.45, 7) is 5.36. The van der Waals surface area contributed by atoms with Crippen LogP contribution in [0.3, 0.4) is 0 Å². The monoisotopic (exact) mass is 423 g/mol. The third kappa shape index (κ3) is 4.29. The van der Waals surface area contributed by atoms with Gasteiger partial charge in [-0.05, 0) is 19.8 Å². The van der Waals surface area contributed by atoms with Crippen LogP contribution in [0, 0.1) is 6.92 Å². The first kappa shape index (κ1) is 17.4. The molecule has 2 saturated heterocycles. The molecule has 0 aromatic carbocycles. The molecule has 1 aromatic heterocycles. The lowest BCUT2D eigenvalue weighted by molar-refractivity contribution is 0.0305. The minimum Gasteiger partial charge on any atom is -0.378 e. The Balaban J connectivity index is 0.00000176. The number of aryl methyl sites for hydroxylation is 1. The highest BCUT2D eigenvalue weighted by atomic mass is 127. The second-order valence-corrected chi connectivity index (χ2v) is 5.30. The zero-order chi connectivity index (χ0) is 14.7. The molecule has 22 heavy (non-hydrogen) atoms. The van der Waals surface area contributed by atoms with Crippen molar-refractivity contribution in [3.05, 3.63) is 11.7 Å². The molecular weight excluding hydrogens is 401 g/mol. The quantitative estimate of drug-likeness (QED) is 0.438. The van der Waals surface area contributed by atoms with Gasteiger partial charge in [0, 0.05) is 13.1 Å². The molecule has 3 heterocycles. The largest absolute Gasteiger partial charge is 0.378 e. The molecule has 2 fully saturated rings. The summed E-state index contributed by atoms with van der Waals surface area (Å²) in [7, 11) is 0. The highest BCUT2D eigenvalue weighted by Crippen LogP contribution is 2.31. The maximum Gasteiger partial charge on any atom is 0.255 e. The summed E-state index contributed by atoms with van der Waals surface area (Å²) in [6.07, 6.45) is 1.74. The Kier molecular flexibility index (Phi) is 6.38. The second-order valence-electron chi connectivity index (χ2n) is 5.30. The van der Waals surface area contributed by atoms with Crippen molar-refractivity contribution in [2.75, 3.05) is 32.8 Å². The predicted octanol–water partition coefficient (Wildman–Crippen LogP) is 0.863. The van der Waals surface area contributed by atoms with Gasteiger partial charge in [0.05, 0.1) is 25.9 Å². The summed E-state index contributed by atoms with van der Waals surface area (Å²) in [5, 5.41) is 3.79. The van der Waals surface area contributed by atoms with E-state index in [1.54, 1.807) is 6.92 Å².